The van der Waals surface area contributed by atoms with E-state index in [1.165, 1.54) is 0 Å². The molecule has 0 aliphatic heterocycles. The van der Waals surface area contributed by atoms with E-state index in [1.54, 1.807) is 6.92 Å². The highest BCUT2D eigenvalue weighted by atomic mass is 16.1. The van der Waals surface area contributed by atoms with Crippen molar-refractivity contribution < 1.29 is 4.79 Å². The molecule has 0 saturated heterocycles. The summed E-state index contributed by atoms with van der Waals surface area (Å²) in [5.74, 6) is 0.0283. The fourth-order valence-corrected chi connectivity index (χ4v) is 0.638. The lowest BCUT2D eigenvalue weighted by Crippen LogP contribution is -2.17. The molecule has 0 rings (SSSR count). The van der Waals surface area contributed by atoms with Crippen molar-refractivity contribution in [3.8, 4) is 0 Å². The SMILES string of the molecule is C=C(N)/N=C(/C)C(C=O)=C(N)N. The van der Waals surface area contributed by atoms with E-state index < -0.39 is 0 Å². The molecular formula is C7H12N4O. The predicted molar refractivity (Wildman–Crippen MR) is 47.9 cm³/mol. The first-order valence-electron chi connectivity index (χ1n) is 3.19. The standard InChI is InChI=1S/C7H12N4O/c1-4(11-5(2)8)6(3-12)7(9)10/h3H,2,8-10H2,1H3/b11-4-. The molecule has 12 heavy (non-hydrogen) atoms. The molecule has 5 heteroatoms. The Morgan fingerprint density at radius 3 is 2.17 bits per heavy atom. The van der Waals surface area contributed by atoms with Crippen molar-refractivity contribution in [3.05, 3.63) is 23.8 Å². The molecule has 0 aliphatic carbocycles. The summed E-state index contributed by atoms with van der Waals surface area (Å²) in [4.78, 5) is 14.1. The zero-order valence-corrected chi connectivity index (χ0v) is 6.87. The average molecular weight is 168 g/mol. The topological polar surface area (TPSA) is 107 Å². The molecule has 0 spiro atoms. The Balaban J connectivity index is 4.90. The van der Waals surface area contributed by atoms with Gasteiger partial charge in [-0.15, -0.1) is 0 Å². The van der Waals surface area contributed by atoms with E-state index in [0.29, 0.717) is 12.0 Å². The molecule has 0 aliphatic rings. The number of nitrogens with two attached hydrogens (primary N) is 3. The Morgan fingerprint density at radius 2 is 1.92 bits per heavy atom. The summed E-state index contributed by atoms with van der Waals surface area (Å²) >= 11 is 0. The van der Waals surface area contributed by atoms with Crippen molar-refractivity contribution in [1.82, 2.24) is 0 Å². The van der Waals surface area contributed by atoms with Crippen LogP contribution in [0.4, 0.5) is 0 Å². The number of aldehydes is 1. The highest BCUT2D eigenvalue weighted by molar-refractivity contribution is 6.14. The minimum atomic E-state index is -0.0764. The first-order valence-corrected chi connectivity index (χ1v) is 3.19. The third-order valence-electron chi connectivity index (χ3n) is 1.13. The summed E-state index contributed by atoms with van der Waals surface area (Å²) < 4.78 is 0. The summed E-state index contributed by atoms with van der Waals surface area (Å²) in [6.45, 7) is 4.91. The van der Waals surface area contributed by atoms with Gasteiger partial charge in [-0.2, -0.15) is 0 Å². The minimum Gasteiger partial charge on any atom is -0.385 e. The maximum absolute atomic E-state index is 10.4. The molecule has 0 atom stereocenters. The monoisotopic (exact) mass is 168 g/mol. The van der Waals surface area contributed by atoms with E-state index in [-0.39, 0.29) is 17.2 Å². The van der Waals surface area contributed by atoms with Crippen molar-refractivity contribution in [2.75, 3.05) is 0 Å². The van der Waals surface area contributed by atoms with E-state index in [4.69, 9.17) is 17.2 Å². The summed E-state index contributed by atoms with van der Waals surface area (Å²) in [5, 5.41) is 0. The van der Waals surface area contributed by atoms with Gasteiger partial charge in [-0.3, -0.25) is 4.79 Å². The van der Waals surface area contributed by atoms with Crippen LogP contribution in [0, 0.1) is 0 Å². The first-order chi connectivity index (χ1) is 5.49. The number of carbonyl (C=O) groups is 1. The van der Waals surface area contributed by atoms with Gasteiger partial charge in [-0.25, -0.2) is 4.99 Å². The molecule has 66 valence electrons. The molecule has 0 bridgehead atoms. The van der Waals surface area contributed by atoms with Crippen LogP contribution in [0.25, 0.3) is 0 Å². The second kappa shape index (κ2) is 4.17. The van der Waals surface area contributed by atoms with Crippen LogP contribution in [0.1, 0.15) is 6.92 Å². The fraction of sp³-hybridized carbons (Fsp3) is 0.143. The van der Waals surface area contributed by atoms with Crippen molar-refractivity contribution >= 4 is 12.0 Å². The van der Waals surface area contributed by atoms with Crippen LogP contribution < -0.4 is 17.2 Å². The highest BCUT2D eigenvalue weighted by Gasteiger charge is 2.03. The number of carbonyl (C=O) groups excluding carboxylic acids is 1. The van der Waals surface area contributed by atoms with E-state index in [1.807, 2.05) is 0 Å². The van der Waals surface area contributed by atoms with Gasteiger partial charge in [-0.05, 0) is 6.92 Å². The van der Waals surface area contributed by atoms with E-state index in [2.05, 4.69) is 11.6 Å². The molecule has 0 saturated carbocycles. The lowest BCUT2D eigenvalue weighted by atomic mass is 10.2. The van der Waals surface area contributed by atoms with Gasteiger partial charge in [0.2, 0.25) is 0 Å². The van der Waals surface area contributed by atoms with Gasteiger partial charge in [0.1, 0.15) is 11.6 Å². The molecule has 0 radical (unpaired) electrons. The lowest BCUT2D eigenvalue weighted by Gasteiger charge is -2.00. The van der Waals surface area contributed by atoms with Gasteiger partial charge < -0.3 is 17.2 Å². The largest absolute Gasteiger partial charge is 0.385 e. The van der Waals surface area contributed by atoms with Crippen LogP contribution in [0.2, 0.25) is 0 Å². The van der Waals surface area contributed by atoms with E-state index in [0.717, 1.165) is 0 Å². The molecule has 0 aromatic rings. The number of allylic oxidation sites excluding steroid dienone is 1. The molecule has 5 nitrogen and oxygen atoms in total. The van der Waals surface area contributed by atoms with Crippen LogP contribution >= 0.6 is 0 Å². The number of nitrogens with zero attached hydrogens (tertiary/aromatic N) is 1. The summed E-state index contributed by atoms with van der Waals surface area (Å²) in [5.41, 5.74) is 16.1. The Hall–Kier alpha value is -1.78. The van der Waals surface area contributed by atoms with Crippen LogP contribution in [-0.2, 0) is 4.79 Å². The molecule has 0 amide bonds. The molecule has 6 N–H and O–H groups in total. The van der Waals surface area contributed by atoms with Gasteiger partial charge >= 0.3 is 0 Å². The third-order valence-corrected chi connectivity index (χ3v) is 1.13. The van der Waals surface area contributed by atoms with Gasteiger partial charge in [0, 0.05) is 0 Å². The smallest absolute Gasteiger partial charge is 0.155 e. The van der Waals surface area contributed by atoms with Crippen molar-refractivity contribution in [2.24, 2.45) is 22.2 Å². The number of aliphatic imine (C=N–C) groups is 1. The normalized spacial score (nSPS) is 10.6. The number of rotatable bonds is 3. The second-order valence-electron chi connectivity index (χ2n) is 2.18. The maximum Gasteiger partial charge on any atom is 0.155 e. The minimum absolute atomic E-state index is 0.0764. The average Bonchev–Trinajstić information content (AvgIpc) is 1.85. The Kier molecular flexibility index (Phi) is 3.55. The summed E-state index contributed by atoms with van der Waals surface area (Å²) in [7, 11) is 0. The van der Waals surface area contributed by atoms with Gasteiger partial charge in [0.05, 0.1) is 11.3 Å². The van der Waals surface area contributed by atoms with Gasteiger partial charge in [0.25, 0.3) is 0 Å². The molecule has 0 fully saturated rings. The quantitative estimate of drug-likeness (QED) is 0.291. The zero-order valence-electron chi connectivity index (χ0n) is 6.87. The number of hydrogen-bond donors (Lipinski definition) is 3. The van der Waals surface area contributed by atoms with Crippen molar-refractivity contribution in [3.63, 3.8) is 0 Å². The predicted octanol–water partition coefficient (Wildman–Crippen LogP) is -0.795. The Morgan fingerprint density at radius 1 is 1.42 bits per heavy atom. The zero-order chi connectivity index (χ0) is 9.72. The fourth-order valence-electron chi connectivity index (χ4n) is 0.638. The second-order valence-corrected chi connectivity index (χ2v) is 2.18. The van der Waals surface area contributed by atoms with Gasteiger partial charge in [-0.1, -0.05) is 6.58 Å². The Labute approximate surface area is 70.6 Å². The molecule has 0 aromatic heterocycles. The van der Waals surface area contributed by atoms with Crippen LogP contribution in [0.5, 0.6) is 0 Å². The lowest BCUT2D eigenvalue weighted by molar-refractivity contribution is -0.104. The molecule has 0 heterocycles. The Bertz CT molecular complexity index is 261. The third kappa shape index (κ3) is 2.87. The maximum atomic E-state index is 10.4. The highest BCUT2D eigenvalue weighted by Crippen LogP contribution is 1.97. The molecular weight excluding hydrogens is 156 g/mol. The summed E-state index contributed by atoms with van der Waals surface area (Å²) in [6, 6.07) is 0. The van der Waals surface area contributed by atoms with Gasteiger partial charge in [0.15, 0.2) is 6.29 Å². The van der Waals surface area contributed by atoms with Crippen molar-refractivity contribution in [2.45, 2.75) is 6.92 Å². The van der Waals surface area contributed by atoms with E-state index >= 15 is 0 Å². The summed E-state index contributed by atoms with van der Waals surface area (Å²) in [6.07, 6.45) is 0.525. The van der Waals surface area contributed by atoms with E-state index in [9.17, 15) is 4.79 Å². The van der Waals surface area contributed by atoms with Crippen LogP contribution in [0.3, 0.4) is 0 Å². The van der Waals surface area contributed by atoms with Crippen LogP contribution in [-0.4, -0.2) is 12.0 Å². The first kappa shape index (κ1) is 10.2. The number of hydrogen-bond acceptors (Lipinski definition) is 5. The molecule has 0 unspecified atom stereocenters. The molecule has 0 aromatic carbocycles. The van der Waals surface area contributed by atoms with Crippen LogP contribution in [0.15, 0.2) is 28.8 Å². The van der Waals surface area contributed by atoms with Crippen molar-refractivity contribution in [1.29, 1.82) is 0 Å².